The van der Waals surface area contributed by atoms with E-state index in [0.717, 1.165) is 0 Å². The molecule has 0 unspecified atom stereocenters. The number of benzene rings is 2. The molecule has 0 atom stereocenters. The van der Waals surface area contributed by atoms with Crippen LogP contribution in [0.25, 0.3) is 5.69 Å². The highest BCUT2D eigenvalue weighted by molar-refractivity contribution is 7.71. The molecule has 0 aliphatic heterocycles. The van der Waals surface area contributed by atoms with Gasteiger partial charge in [0.2, 0.25) is 5.88 Å². The molecule has 0 radical (unpaired) electrons. The van der Waals surface area contributed by atoms with Gasteiger partial charge in [-0.25, -0.2) is 4.39 Å². The van der Waals surface area contributed by atoms with Crippen LogP contribution in [-0.4, -0.2) is 27.5 Å². The van der Waals surface area contributed by atoms with Crippen LogP contribution in [0, 0.1) is 10.6 Å². The molecule has 0 fully saturated rings. The maximum Gasteiger partial charge on any atom is 0.264 e. The number of H-pyrrole nitrogens is 1. The minimum absolute atomic E-state index is 0.0176. The van der Waals surface area contributed by atoms with E-state index in [1.807, 2.05) is 13.0 Å². The van der Waals surface area contributed by atoms with E-state index in [9.17, 15) is 14.3 Å². The zero-order valence-electron chi connectivity index (χ0n) is 14.3. The highest BCUT2D eigenvalue weighted by atomic mass is 32.1. The van der Waals surface area contributed by atoms with E-state index < -0.39 is 17.3 Å². The summed E-state index contributed by atoms with van der Waals surface area (Å²) in [6.07, 6.45) is 1.24. The normalized spacial score (nSPS) is 11.0. The van der Waals surface area contributed by atoms with E-state index in [-0.39, 0.29) is 10.3 Å². The maximum atomic E-state index is 13.2. The van der Waals surface area contributed by atoms with Crippen molar-refractivity contribution in [3.05, 3.63) is 75.0 Å². The minimum atomic E-state index is -0.589. The summed E-state index contributed by atoms with van der Waals surface area (Å²) in [6, 6.07) is 12.4. The highest BCUT2D eigenvalue weighted by Gasteiger charge is 2.13. The lowest BCUT2D eigenvalue weighted by atomic mass is 10.2. The largest absolute Gasteiger partial charge is 0.494 e. The minimum Gasteiger partial charge on any atom is -0.494 e. The highest BCUT2D eigenvalue weighted by Crippen LogP contribution is 2.27. The first kappa shape index (κ1) is 18.5. The summed E-state index contributed by atoms with van der Waals surface area (Å²) >= 11 is 5.12. The number of para-hydroxylation sites is 2. The molecule has 0 aliphatic carbocycles. The Hall–Kier alpha value is -3.26. The summed E-state index contributed by atoms with van der Waals surface area (Å²) in [5.41, 5.74) is 0.237. The molecule has 3 aromatic rings. The van der Waals surface area contributed by atoms with Crippen molar-refractivity contribution in [2.45, 2.75) is 6.92 Å². The molecule has 8 heteroatoms. The van der Waals surface area contributed by atoms with Crippen LogP contribution < -0.4 is 10.3 Å². The summed E-state index contributed by atoms with van der Waals surface area (Å²) in [4.78, 5) is 19.0. The maximum absolute atomic E-state index is 13.2. The van der Waals surface area contributed by atoms with E-state index in [2.05, 4.69) is 9.98 Å². The molecule has 0 bridgehead atoms. The van der Waals surface area contributed by atoms with Crippen molar-refractivity contribution in [3.8, 4) is 17.3 Å². The number of hydrogen-bond donors (Lipinski definition) is 2. The zero-order valence-corrected chi connectivity index (χ0v) is 15.2. The predicted octanol–water partition coefficient (Wildman–Crippen LogP) is 3.89. The molecule has 2 aromatic carbocycles. The molecule has 138 valence electrons. The lowest BCUT2D eigenvalue weighted by Gasteiger charge is -2.11. The fourth-order valence-corrected chi connectivity index (χ4v) is 2.74. The number of aromatic nitrogens is 2. The van der Waals surface area contributed by atoms with Gasteiger partial charge in [-0.3, -0.25) is 19.3 Å². The summed E-state index contributed by atoms with van der Waals surface area (Å²) in [7, 11) is 0. The molecule has 0 amide bonds. The number of aromatic amines is 1. The van der Waals surface area contributed by atoms with E-state index in [1.54, 1.807) is 18.2 Å². The van der Waals surface area contributed by atoms with Crippen molar-refractivity contribution in [3.63, 3.8) is 0 Å². The lowest BCUT2D eigenvalue weighted by molar-refractivity contribution is 0.341. The topological polar surface area (TPSA) is 79.6 Å². The Kier molecular flexibility index (Phi) is 5.46. The van der Waals surface area contributed by atoms with E-state index in [0.29, 0.717) is 23.7 Å². The Balaban J connectivity index is 2.09. The number of halogens is 1. The Morgan fingerprint density at radius 2 is 1.96 bits per heavy atom. The monoisotopic (exact) mass is 385 g/mol. The Bertz CT molecular complexity index is 1100. The smallest absolute Gasteiger partial charge is 0.264 e. The Labute approximate surface area is 159 Å². The first-order valence-corrected chi connectivity index (χ1v) is 8.52. The van der Waals surface area contributed by atoms with E-state index in [1.165, 1.54) is 35.0 Å². The van der Waals surface area contributed by atoms with Crippen molar-refractivity contribution in [1.29, 1.82) is 0 Å². The van der Waals surface area contributed by atoms with Crippen LogP contribution in [0.3, 0.4) is 0 Å². The van der Waals surface area contributed by atoms with Gasteiger partial charge in [-0.1, -0.05) is 12.1 Å². The molecule has 3 rings (SSSR count). The van der Waals surface area contributed by atoms with Gasteiger partial charge in [-0.05, 0) is 55.5 Å². The molecular weight excluding hydrogens is 369 g/mol. The zero-order chi connectivity index (χ0) is 19.4. The van der Waals surface area contributed by atoms with Crippen LogP contribution in [0.1, 0.15) is 12.5 Å². The van der Waals surface area contributed by atoms with Gasteiger partial charge < -0.3 is 9.84 Å². The predicted molar refractivity (Wildman–Crippen MR) is 104 cm³/mol. The van der Waals surface area contributed by atoms with Crippen molar-refractivity contribution < 1.29 is 14.2 Å². The average molecular weight is 385 g/mol. The van der Waals surface area contributed by atoms with Gasteiger partial charge in [0.1, 0.15) is 22.8 Å². The van der Waals surface area contributed by atoms with Crippen LogP contribution in [0.5, 0.6) is 11.6 Å². The molecule has 1 aromatic heterocycles. The summed E-state index contributed by atoms with van der Waals surface area (Å²) < 4.78 is 19.9. The standard InChI is InChI=1S/C19H16FN3O3S/c1-2-26-16-6-4-3-5-15(16)21-11-14-17(24)22-19(27)23(18(14)25)13-9-7-12(20)8-10-13/h3-11,25H,2H2,1H3,(H,22,24,27). The van der Waals surface area contributed by atoms with Crippen LogP contribution in [-0.2, 0) is 0 Å². The fraction of sp³-hybridized carbons (Fsp3) is 0.105. The Morgan fingerprint density at radius 3 is 2.67 bits per heavy atom. The summed E-state index contributed by atoms with van der Waals surface area (Å²) in [5.74, 6) is -0.269. The molecule has 27 heavy (non-hydrogen) atoms. The quantitative estimate of drug-likeness (QED) is 0.516. The number of nitrogens with one attached hydrogen (secondary N) is 1. The molecule has 6 nitrogen and oxygen atoms in total. The van der Waals surface area contributed by atoms with Gasteiger partial charge in [0, 0.05) is 6.21 Å². The molecule has 0 saturated carbocycles. The van der Waals surface area contributed by atoms with E-state index >= 15 is 0 Å². The number of ether oxygens (including phenoxy) is 1. The SMILES string of the molecule is CCOc1ccccc1N=Cc1c(O)n(-c2ccc(F)cc2)c(=S)[nH]c1=O. The third-order valence-corrected chi connectivity index (χ3v) is 3.99. The lowest BCUT2D eigenvalue weighted by Crippen LogP contribution is -2.18. The number of rotatable bonds is 5. The van der Waals surface area contributed by atoms with Gasteiger partial charge in [-0.2, -0.15) is 0 Å². The van der Waals surface area contributed by atoms with Gasteiger partial charge in [0.05, 0.1) is 12.3 Å². The first-order valence-electron chi connectivity index (χ1n) is 8.11. The summed E-state index contributed by atoms with van der Waals surface area (Å²) in [6.45, 7) is 2.32. The third-order valence-electron chi connectivity index (χ3n) is 3.70. The molecule has 0 aliphatic rings. The van der Waals surface area contributed by atoms with Crippen molar-refractivity contribution >= 4 is 24.1 Å². The van der Waals surface area contributed by atoms with Crippen LogP contribution in [0.15, 0.2) is 58.3 Å². The fourth-order valence-electron chi connectivity index (χ4n) is 2.46. The van der Waals surface area contributed by atoms with Crippen LogP contribution in [0.4, 0.5) is 10.1 Å². The molecule has 0 saturated heterocycles. The number of hydrogen-bond acceptors (Lipinski definition) is 5. The van der Waals surface area contributed by atoms with Gasteiger partial charge in [0.15, 0.2) is 4.77 Å². The average Bonchev–Trinajstić information content (AvgIpc) is 2.64. The second-order valence-electron chi connectivity index (χ2n) is 5.47. The molecule has 2 N–H and O–H groups in total. The molecule has 1 heterocycles. The molecular formula is C19H16FN3O3S. The molecule has 0 spiro atoms. The van der Waals surface area contributed by atoms with Crippen LogP contribution in [0.2, 0.25) is 0 Å². The Morgan fingerprint density at radius 1 is 1.26 bits per heavy atom. The van der Waals surface area contributed by atoms with Crippen molar-refractivity contribution in [2.24, 2.45) is 4.99 Å². The third kappa shape index (κ3) is 3.95. The van der Waals surface area contributed by atoms with Gasteiger partial charge in [-0.15, -0.1) is 0 Å². The van der Waals surface area contributed by atoms with Crippen molar-refractivity contribution in [1.82, 2.24) is 9.55 Å². The number of aliphatic imine (C=N–C) groups is 1. The second-order valence-corrected chi connectivity index (χ2v) is 5.85. The summed E-state index contributed by atoms with van der Waals surface area (Å²) in [5, 5.41) is 10.6. The first-order chi connectivity index (χ1) is 13.0. The van der Waals surface area contributed by atoms with Crippen molar-refractivity contribution in [2.75, 3.05) is 6.61 Å². The number of aromatic hydroxyl groups is 1. The number of nitrogens with zero attached hydrogens (tertiary/aromatic N) is 2. The van der Waals surface area contributed by atoms with Gasteiger partial charge >= 0.3 is 0 Å². The van der Waals surface area contributed by atoms with Gasteiger partial charge in [0.25, 0.3) is 5.56 Å². The van der Waals surface area contributed by atoms with Crippen LogP contribution >= 0.6 is 12.2 Å². The second kappa shape index (κ2) is 7.96. The van der Waals surface area contributed by atoms with E-state index in [4.69, 9.17) is 17.0 Å².